The minimum atomic E-state index is -0.109. The summed E-state index contributed by atoms with van der Waals surface area (Å²) in [4.78, 5) is 23.7. The molecule has 2 N–H and O–H groups in total. The van der Waals surface area contributed by atoms with Crippen LogP contribution >= 0.6 is 0 Å². The molecule has 1 atom stereocenters. The number of methoxy groups -OCH3 is 1. The van der Waals surface area contributed by atoms with Crippen molar-refractivity contribution >= 4 is 17.5 Å². The first-order chi connectivity index (χ1) is 13.1. The summed E-state index contributed by atoms with van der Waals surface area (Å²) in [5.74, 6) is 0.698. The Kier molecular flexibility index (Phi) is 5.86. The second-order valence-corrected chi connectivity index (χ2v) is 6.57. The summed E-state index contributed by atoms with van der Waals surface area (Å²) >= 11 is 0. The molecule has 0 saturated heterocycles. The van der Waals surface area contributed by atoms with E-state index >= 15 is 0 Å². The van der Waals surface area contributed by atoms with Gasteiger partial charge in [-0.25, -0.2) is 5.43 Å². The predicted octanol–water partition coefficient (Wildman–Crippen LogP) is 2.53. The number of rotatable bonds is 6. The Morgan fingerprint density at radius 2 is 1.89 bits per heavy atom. The van der Waals surface area contributed by atoms with E-state index in [2.05, 4.69) is 15.8 Å². The zero-order valence-corrected chi connectivity index (χ0v) is 15.5. The van der Waals surface area contributed by atoms with Crippen LogP contribution in [0.4, 0.5) is 0 Å². The van der Waals surface area contributed by atoms with Crippen LogP contribution in [0.5, 0.6) is 5.75 Å². The number of amides is 2. The van der Waals surface area contributed by atoms with Gasteiger partial charge in [-0.2, -0.15) is 5.10 Å². The monoisotopic (exact) mass is 365 g/mol. The van der Waals surface area contributed by atoms with Crippen molar-refractivity contribution in [3.63, 3.8) is 0 Å². The number of hydrogen-bond donors (Lipinski definition) is 2. The van der Waals surface area contributed by atoms with Crippen LogP contribution in [-0.4, -0.2) is 31.2 Å². The van der Waals surface area contributed by atoms with Gasteiger partial charge in [-0.05, 0) is 41.8 Å². The van der Waals surface area contributed by atoms with Crippen molar-refractivity contribution in [2.24, 2.45) is 11.0 Å². The molecule has 0 aliphatic carbocycles. The lowest BCUT2D eigenvalue weighted by Gasteiger charge is -2.19. The van der Waals surface area contributed by atoms with Crippen LogP contribution in [0.3, 0.4) is 0 Å². The van der Waals surface area contributed by atoms with Crippen LogP contribution < -0.4 is 15.5 Å². The molecule has 6 nitrogen and oxygen atoms in total. The van der Waals surface area contributed by atoms with E-state index < -0.39 is 0 Å². The second-order valence-electron chi connectivity index (χ2n) is 6.57. The van der Waals surface area contributed by atoms with E-state index in [0.29, 0.717) is 18.5 Å². The number of carbonyl (C=O) groups excluding carboxylic acids is 2. The fourth-order valence-corrected chi connectivity index (χ4v) is 3.01. The molecular weight excluding hydrogens is 342 g/mol. The number of hydrazone groups is 1. The van der Waals surface area contributed by atoms with Gasteiger partial charge in [0.05, 0.1) is 12.8 Å². The zero-order chi connectivity index (χ0) is 19.2. The third-order valence-electron chi connectivity index (χ3n) is 4.56. The Morgan fingerprint density at radius 1 is 1.19 bits per heavy atom. The summed E-state index contributed by atoms with van der Waals surface area (Å²) in [5, 5.41) is 7.07. The second kappa shape index (κ2) is 8.49. The van der Waals surface area contributed by atoms with Crippen molar-refractivity contribution in [3.05, 3.63) is 65.2 Å². The molecule has 6 heteroatoms. The Bertz CT molecular complexity index is 842. The minimum absolute atomic E-state index is 0.0583. The molecule has 1 unspecified atom stereocenters. The molecule has 2 amide bonds. The van der Waals surface area contributed by atoms with Gasteiger partial charge in [-0.3, -0.25) is 9.59 Å². The lowest BCUT2D eigenvalue weighted by Crippen LogP contribution is -2.32. The highest BCUT2D eigenvalue weighted by Gasteiger charge is 2.21. The number of benzene rings is 2. The van der Waals surface area contributed by atoms with Gasteiger partial charge in [0.1, 0.15) is 5.75 Å². The van der Waals surface area contributed by atoms with E-state index in [0.717, 1.165) is 29.0 Å². The van der Waals surface area contributed by atoms with E-state index in [9.17, 15) is 9.59 Å². The maximum absolute atomic E-state index is 12.3. The number of ether oxygens (including phenoxy) is 1. The van der Waals surface area contributed by atoms with E-state index in [4.69, 9.17) is 4.74 Å². The third-order valence-corrected chi connectivity index (χ3v) is 4.56. The highest BCUT2D eigenvalue weighted by molar-refractivity contribution is 6.06. The van der Waals surface area contributed by atoms with Crippen LogP contribution in [0.15, 0.2) is 53.6 Å². The van der Waals surface area contributed by atoms with Gasteiger partial charge in [0.2, 0.25) is 5.91 Å². The minimum Gasteiger partial charge on any atom is -0.497 e. The first-order valence-corrected chi connectivity index (χ1v) is 8.95. The number of nitrogens with one attached hydrogen (secondary N) is 2. The molecule has 1 heterocycles. The fraction of sp³-hybridized carbons (Fsp3) is 0.286. The third kappa shape index (κ3) is 4.73. The van der Waals surface area contributed by atoms with Gasteiger partial charge in [0.15, 0.2) is 0 Å². The molecule has 0 fully saturated rings. The van der Waals surface area contributed by atoms with Gasteiger partial charge in [-0.1, -0.05) is 31.2 Å². The first kappa shape index (κ1) is 18.6. The standard InChI is InChI=1S/C21H23N3O3/c1-14-13-19(25)23-24-20(14)16-5-7-17(8-6-16)21(26)22-12-11-15-3-9-18(27-2)10-4-15/h3-10,14H,11-13H2,1-2H3,(H,22,26)(H,23,25). The molecule has 27 heavy (non-hydrogen) atoms. The van der Waals surface area contributed by atoms with Gasteiger partial charge < -0.3 is 10.1 Å². The molecule has 2 aromatic carbocycles. The lowest BCUT2D eigenvalue weighted by atomic mass is 9.93. The Morgan fingerprint density at radius 3 is 2.52 bits per heavy atom. The molecule has 0 spiro atoms. The molecule has 0 aromatic heterocycles. The highest BCUT2D eigenvalue weighted by atomic mass is 16.5. The Hall–Kier alpha value is -3.15. The zero-order valence-electron chi connectivity index (χ0n) is 15.5. The lowest BCUT2D eigenvalue weighted by molar-refractivity contribution is -0.121. The first-order valence-electron chi connectivity index (χ1n) is 8.95. The number of carbonyl (C=O) groups is 2. The summed E-state index contributed by atoms with van der Waals surface area (Å²) in [6.45, 7) is 2.53. The molecule has 1 aliphatic rings. The maximum atomic E-state index is 12.3. The molecule has 3 rings (SSSR count). The fourth-order valence-electron chi connectivity index (χ4n) is 3.01. The molecule has 140 valence electrons. The van der Waals surface area contributed by atoms with E-state index in [1.807, 2.05) is 43.3 Å². The average Bonchev–Trinajstić information content (AvgIpc) is 2.68. The van der Waals surface area contributed by atoms with Gasteiger partial charge in [0, 0.05) is 24.4 Å². The molecular formula is C21H23N3O3. The Labute approximate surface area is 158 Å². The van der Waals surface area contributed by atoms with Crippen molar-refractivity contribution in [1.82, 2.24) is 10.7 Å². The normalized spacial score (nSPS) is 16.3. The van der Waals surface area contributed by atoms with Crippen LogP contribution in [-0.2, 0) is 11.2 Å². The van der Waals surface area contributed by atoms with Gasteiger partial charge in [0.25, 0.3) is 5.91 Å². The summed E-state index contributed by atoms with van der Waals surface area (Å²) < 4.78 is 5.14. The SMILES string of the molecule is COc1ccc(CCNC(=O)c2ccc(C3=NNC(=O)CC3C)cc2)cc1. The quantitative estimate of drug-likeness (QED) is 0.826. The molecule has 0 saturated carbocycles. The number of nitrogens with zero attached hydrogens (tertiary/aromatic N) is 1. The van der Waals surface area contributed by atoms with Crippen LogP contribution in [0.2, 0.25) is 0 Å². The summed E-state index contributed by atoms with van der Waals surface area (Å²) in [6, 6.07) is 15.1. The van der Waals surface area contributed by atoms with Gasteiger partial charge in [-0.15, -0.1) is 0 Å². The maximum Gasteiger partial charge on any atom is 0.251 e. The van der Waals surface area contributed by atoms with Crippen molar-refractivity contribution in [3.8, 4) is 5.75 Å². The highest BCUT2D eigenvalue weighted by Crippen LogP contribution is 2.17. The van der Waals surface area contributed by atoms with Crippen LogP contribution in [0.25, 0.3) is 0 Å². The summed E-state index contributed by atoms with van der Waals surface area (Å²) in [6.07, 6.45) is 1.17. The summed E-state index contributed by atoms with van der Waals surface area (Å²) in [5.41, 5.74) is 5.99. The molecule has 0 radical (unpaired) electrons. The van der Waals surface area contributed by atoms with Crippen molar-refractivity contribution in [1.29, 1.82) is 0 Å². The molecule has 1 aliphatic heterocycles. The number of hydrogen-bond acceptors (Lipinski definition) is 4. The van der Waals surface area contributed by atoms with Crippen molar-refractivity contribution in [2.75, 3.05) is 13.7 Å². The van der Waals surface area contributed by atoms with Crippen LogP contribution in [0.1, 0.15) is 34.8 Å². The average molecular weight is 365 g/mol. The van der Waals surface area contributed by atoms with Crippen molar-refractivity contribution in [2.45, 2.75) is 19.8 Å². The predicted molar refractivity (Wildman–Crippen MR) is 104 cm³/mol. The van der Waals surface area contributed by atoms with Crippen LogP contribution in [0, 0.1) is 5.92 Å². The molecule has 0 bridgehead atoms. The largest absolute Gasteiger partial charge is 0.497 e. The Balaban J connectivity index is 1.55. The molecule has 2 aromatic rings. The topological polar surface area (TPSA) is 79.8 Å². The van der Waals surface area contributed by atoms with E-state index in [1.165, 1.54) is 0 Å². The van der Waals surface area contributed by atoms with Crippen molar-refractivity contribution < 1.29 is 14.3 Å². The van der Waals surface area contributed by atoms with E-state index in [-0.39, 0.29) is 17.7 Å². The smallest absolute Gasteiger partial charge is 0.251 e. The van der Waals surface area contributed by atoms with E-state index in [1.54, 1.807) is 19.2 Å². The summed E-state index contributed by atoms with van der Waals surface area (Å²) in [7, 11) is 1.64. The van der Waals surface area contributed by atoms with Gasteiger partial charge >= 0.3 is 0 Å².